The summed E-state index contributed by atoms with van der Waals surface area (Å²) in [5.74, 6) is 0.346. The van der Waals surface area contributed by atoms with Crippen LogP contribution in [0.5, 0.6) is 0 Å². The van der Waals surface area contributed by atoms with Crippen LogP contribution < -0.4 is 0 Å². The van der Waals surface area contributed by atoms with Crippen molar-refractivity contribution >= 4 is 11.0 Å². The van der Waals surface area contributed by atoms with E-state index in [9.17, 15) is 4.39 Å². The minimum Gasteiger partial charge on any atom is -0.324 e. The van der Waals surface area contributed by atoms with Gasteiger partial charge in [-0.15, -0.1) is 0 Å². The molecule has 0 amide bonds. The van der Waals surface area contributed by atoms with Crippen LogP contribution in [0.4, 0.5) is 4.39 Å². The molecule has 116 valence electrons. The average Bonchev–Trinajstić information content (AvgIpc) is 2.86. The van der Waals surface area contributed by atoms with Crippen molar-refractivity contribution in [3.63, 3.8) is 0 Å². The summed E-state index contributed by atoms with van der Waals surface area (Å²) in [4.78, 5) is 4.66. The zero-order chi connectivity index (χ0) is 16.4. The molecule has 23 heavy (non-hydrogen) atoms. The normalized spacial score (nSPS) is 10.9. The van der Waals surface area contributed by atoms with Crippen molar-refractivity contribution in [1.82, 2.24) is 9.55 Å². The van der Waals surface area contributed by atoms with Gasteiger partial charge in [-0.1, -0.05) is 12.1 Å². The van der Waals surface area contributed by atoms with E-state index in [1.54, 1.807) is 12.1 Å². The summed E-state index contributed by atoms with van der Waals surface area (Å²) < 4.78 is 16.3. The molecule has 4 heteroatoms. The predicted molar refractivity (Wildman–Crippen MR) is 89.4 cm³/mol. The van der Waals surface area contributed by atoms with Crippen LogP contribution in [0.25, 0.3) is 22.4 Å². The Hall–Kier alpha value is -2.67. The summed E-state index contributed by atoms with van der Waals surface area (Å²) in [7, 11) is 0. The van der Waals surface area contributed by atoms with E-state index in [-0.39, 0.29) is 5.82 Å². The molecule has 0 aliphatic rings. The van der Waals surface area contributed by atoms with E-state index in [4.69, 9.17) is 5.26 Å². The quantitative estimate of drug-likeness (QED) is 0.652. The SMILES string of the molecule is Cc1cc2nc(-c3ccccc3F)n(CCCC#N)c2cc1C. The predicted octanol–water partition coefficient (Wildman–Crippen LogP) is 4.76. The van der Waals surface area contributed by atoms with Crippen LogP contribution >= 0.6 is 0 Å². The fourth-order valence-corrected chi connectivity index (χ4v) is 2.77. The maximum atomic E-state index is 14.2. The second-order valence-corrected chi connectivity index (χ2v) is 5.75. The van der Waals surface area contributed by atoms with Crippen molar-refractivity contribution in [2.24, 2.45) is 0 Å². The highest BCUT2D eigenvalue weighted by atomic mass is 19.1. The smallest absolute Gasteiger partial charge is 0.144 e. The van der Waals surface area contributed by atoms with Crippen LogP contribution in [0.1, 0.15) is 24.0 Å². The summed E-state index contributed by atoms with van der Waals surface area (Å²) in [6.45, 7) is 4.76. The number of aryl methyl sites for hydroxylation is 3. The third kappa shape index (κ3) is 2.83. The molecule has 0 atom stereocenters. The van der Waals surface area contributed by atoms with Crippen LogP contribution in [-0.4, -0.2) is 9.55 Å². The Balaban J connectivity index is 2.21. The molecule has 1 aromatic heterocycles. The number of imidazole rings is 1. The van der Waals surface area contributed by atoms with Crippen LogP contribution in [-0.2, 0) is 6.54 Å². The maximum Gasteiger partial charge on any atom is 0.144 e. The maximum absolute atomic E-state index is 14.2. The van der Waals surface area contributed by atoms with E-state index in [2.05, 4.69) is 24.0 Å². The Morgan fingerprint density at radius 1 is 1.17 bits per heavy atom. The third-order valence-corrected chi connectivity index (χ3v) is 4.15. The monoisotopic (exact) mass is 307 g/mol. The highest BCUT2D eigenvalue weighted by Gasteiger charge is 2.16. The van der Waals surface area contributed by atoms with Gasteiger partial charge in [-0.3, -0.25) is 0 Å². The summed E-state index contributed by atoms with van der Waals surface area (Å²) in [6, 6.07) is 13.0. The Labute approximate surface area is 135 Å². The molecule has 0 aliphatic carbocycles. The van der Waals surface area contributed by atoms with Crippen LogP contribution in [0, 0.1) is 31.0 Å². The van der Waals surface area contributed by atoms with Crippen molar-refractivity contribution in [1.29, 1.82) is 5.26 Å². The Morgan fingerprint density at radius 2 is 1.91 bits per heavy atom. The summed E-state index contributed by atoms with van der Waals surface area (Å²) in [6.07, 6.45) is 1.19. The van der Waals surface area contributed by atoms with E-state index in [1.165, 1.54) is 17.2 Å². The lowest BCUT2D eigenvalue weighted by Crippen LogP contribution is -2.02. The first-order chi connectivity index (χ1) is 11.1. The molecule has 1 heterocycles. The van der Waals surface area contributed by atoms with Gasteiger partial charge in [0.15, 0.2) is 0 Å². The van der Waals surface area contributed by atoms with Gasteiger partial charge in [0.2, 0.25) is 0 Å². The number of hydrogen-bond donors (Lipinski definition) is 0. The number of rotatable bonds is 4. The highest BCUT2D eigenvalue weighted by Crippen LogP contribution is 2.28. The molecule has 0 saturated carbocycles. The number of unbranched alkanes of at least 4 members (excludes halogenated alkanes) is 1. The molecule has 0 N–H and O–H groups in total. The molecule has 3 aromatic rings. The number of aromatic nitrogens is 2. The zero-order valence-electron chi connectivity index (χ0n) is 13.3. The minimum absolute atomic E-state index is 0.280. The van der Waals surface area contributed by atoms with Crippen molar-refractivity contribution in [3.05, 3.63) is 53.3 Å². The van der Waals surface area contributed by atoms with Gasteiger partial charge in [0.1, 0.15) is 11.6 Å². The van der Waals surface area contributed by atoms with E-state index in [1.807, 2.05) is 23.6 Å². The van der Waals surface area contributed by atoms with E-state index < -0.39 is 0 Å². The average molecular weight is 307 g/mol. The fourth-order valence-electron chi connectivity index (χ4n) is 2.77. The first kappa shape index (κ1) is 15.2. The Kier molecular flexibility index (Phi) is 4.12. The molecule has 0 fully saturated rings. The van der Waals surface area contributed by atoms with Gasteiger partial charge in [0.25, 0.3) is 0 Å². The molecule has 0 aliphatic heterocycles. The fraction of sp³-hybridized carbons (Fsp3) is 0.263. The highest BCUT2D eigenvalue weighted by molar-refractivity contribution is 5.82. The van der Waals surface area contributed by atoms with E-state index in [0.717, 1.165) is 17.5 Å². The lowest BCUT2D eigenvalue weighted by molar-refractivity contribution is 0.623. The van der Waals surface area contributed by atoms with Gasteiger partial charge in [0, 0.05) is 13.0 Å². The first-order valence-corrected chi connectivity index (χ1v) is 7.71. The van der Waals surface area contributed by atoms with E-state index in [0.29, 0.717) is 24.4 Å². The largest absolute Gasteiger partial charge is 0.324 e. The summed E-state index contributed by atoms with van der Waals surface area (Å²) in [5, 5.41) is 8.78. The standard InChI is InChI=1S/C19H18FN3/c1-13-11-17-18(12-14(13)2)23(10-6-5-9-21)19(22-17)15-7-3-4-8-16(15)20/h3-4,7-8,11-12H,5-6,10H2,1-2H3. The second-order valence-electron chi connectivity index (χ2n) is 5.75. The summed E-state index contributed by atoms with van der Waals surface area (Å²) in [5.41, 5.74) is 4.70. The zero-order valence-corrected chi connectivity index (χ0v) is 13.3. The van der Waals surface area contributed by atoms with Crippen LogP contribution in [0.2, 0.25) is 0 Å². The molecule has 0 radical (unpaired) electrons. The van der Waals surface area contributed by atoms with Gasteiger partial charge in [0.05, 0.1) is 22.7 Å². The van der Waals surface area contributed by atoms with Gasteiger partial charge in [-0.05, 0) is 55.7 Å². The third-order valence-electron chi connectivity index (χ3n) is 4.15. The second kappa shape index (κ2) is 6.21. The molecular weight excluding hydrogens is 289 g/mol. The van der Waals surface area contributed by atoms with Gasteiger partial charge in [-0.25, -0.2) is 9.37 Å². The van der Waals surface area contributed by atoms with Gasteiger partial charge >= 0.3 is 0 Å². The molecule has 3 rings (SSSR count). The molecule has 0 unspecified atom stereocenters. The van der Waals surface area contributed by atoms with Crippen molar-refractivity contribution < 1.29 is 4.39 Å². The lowest BCUT2D eigenvalue weighted by atomic mass is 10.1. The van der Waals surface area contributed by atoms with Gasteiger partial charge < -0.3 is 4.57 Å². The number of nitriles is 1. The Morgan fingerprint density at radius 3 is 2.65 bits per heavy atom. The molecule has 2 aromatic carbocycles. The van der Waals surface area contributed by atoms with Crippen molar-refractivity contribution in [2.45, 2.75) is 33.2 Å². The summed E-state index contributed by atoms with van der Waals surface area (Å²) >= 11 is 0. The topological polar surface area (TPSA) is 41.6 Å². The Bertz CT molecular complexity index is 903. The van der Waals surface area contributed by atoms with Crippen LogP contribution in [0.3, 0.4) is 0 Å². The minimum atomic E-state index is -0.280. The molecule has 3 nitrogen and oxygen atoms in total. The van der Waals surface area contributed by atoms with Crippen molar-refractivity contribution in [2.75, 3.05) is 0 Å². The number of nitrogens with zero attached hydrogens (tertiary/aromatic N) is 3. The lowest BCUT2D eigenvalue weighted by Gasteiger charge is -2.09. The number of benzene rings is 2. The van der Waals surface area contributed by atoms with Gasteiger partial charge in [-0.2, -0.15) is 5.26 Å². The number of halogens is 1. The van der Waals surface area contributed by atoms with Crippen LogP contribution in [0.15, 0.2) is 36.4 Å². The van der Waals surface area contributed by atoms with E-state index >= 15 is 0 Å². The molecule has 0 saturated heterocycles. The molecule has 0 spiro atoms. The van der Waals surface area contributed by atoms with Crippen molar-refractivity contribution in [3.8, 4) is 17.5 Å². The number of hydrogen-bond acceptors (Lipinski definition) is 2. The molecular formula is C19H18FN3. The molecule has 0 bridgehead atoms. The first-order valence-electron chi connectivity index (χ1n) is 7.71. The number of fused-ring (bicyclic) bond motifs is 1.